The first-order valence-corrected chi connectivity index (χ1v) is 5.32. The summed E-state index contributed by atoms with van der Waals surface area (Å²) in [4.78, 5) is 0. The van der Waals surface area contributed by atoms with Crippen LogP contribution in [0.25, 0.3) is 0 Å². The van der Waals surface area contributed by atoms with Crippen LogP contribution in [-0.4, -0.2) is 18.3 Å². The van der Waals surface area contributed by atoms with Gasteiger partial charge in [0.15, 0.2) is 0 Å². The number of aliphatic hydroxyl groups is 1. The SMILES string of the molecule is N#Cc1cc(F)ccc1NCCCCCO. The number of halogens is 1. The molecule has 0 amide bonds. The fraction of sp³-hybridized carbons (Fsp3) is 0.417. The minimum absolute atomic E-state index is 0.208. The highest BCUT2D eigenvalue weighted by Gasteiger charge is 2.02. The molecule has 0 aliphatic heterocycles. The Kier molecular flexibility index (Phi) is 5.30. The van der Waals surface area contributed by atoms with Crippen LogP contribution >= 0.6 is 0 Å². The molecule has 0 atom stereocenters. The Bertz CT molecular complexity index is 374. The maximum absolute atomic E-state index is 12.8. The van der Waals surface area contributed by atoms with Crippen LogP contribution < -0.4 is 5.32 Å². The van der Waals surface area contributed by atoms with E-state index in [2.05, 4.69) is 5.32 Å². The van der Waals surface area contributed by atoms with Crippen LogP contribution in [-0.2, 0) is 0 Å². The number of nitriles is 1. The molecular formula is C12H15FN2O. The van der Waals surface area contributed by atoms with Crippen LogP contribution in [0.4, 0.5) is 10.1 Å². The zero-order valence-electron chi connectivity index (χ0n) is 9.04. The van der Waals surface area contributed by atoms with Crippen molar-refractivity contribution in [2.45, 2.75) is 19.3 Å². The lowest BCUT2D eigenvalue weighted by Crippen LogP contribution is -2.03. The molecule has 1 rings (SSSR count). The second-order valence-electron chi connectivity index (χ2n) is 3.51. The standard InChI is InChI=1S/C12H15FN2O/c13-11-4-5-12(10(8-11)9-14)15-6-2-1-3-7-16/h4-5,8,15-16H,1-3,6-7H2. The number of hydrogen-bond acceptors (Lipinski definition) is 3. The Labute approximate surface area is 94.5 Å². The van der Waals surface area contributed by atoms with E-state index in [-0.39, 0.29) is 6.61 Å². The van der Waals surface area contributed by atoms with E-state index in [4.69, 9.17) is 10.4 Å². The molecule has 0 heterocycles. The summed E-state index contributed by atoms with van der Waals surface area (Å²) < 4.78 is 12.8. The number of nitrogens with one attached hydrogen (secondary N) is 1. The van der Waals surface area contributed by atoms with Crippen LogP contribution in [0, 0.1) is 17.1 Å². The van der Waals surface area contributed by atoms with E-state index in [0.29, 0.717) is 11.3 Å². The number of aliphatic hydroxyl groups excluding tert-OH is 1. The number of anilines is 1. The van der Waals surface area contributed by atoms with Crippen molar-refractivity contribution in [2.24, 2.45) is 0 Å². The highest BCUT2D eigenvalue weighted by atomic mass is 19.1. The van der Waals surface area contributed by atoms with Crippen molar-refractivity contribution < 1.29 is 9.50 Å². The quantitative estimate of drug-likeness (QED) is 0.726. The molecule has 0 unspecified atom stereocenters. The first-order valence-electron chi connectivity index (χ1n) is 5.32. The van der Waals surface area contributed by atoms with Gasteiger partial charge in [0, 0.05) is 13.2 Å². The molecule has 86 valence electrons. The van der Waals surface area contributed by atoms with Gasteiger partial charge in [-0.2, -0.15) is 5.26 Å². The molecule has 3 nitrogen and oxygen atoms in total. The maximum Gasteiger partial charge on any atom is 0.124 e. The van der Waals surface area contributed by atoms with Gasteiger partial charge in [-0.15, -0.1) is 0 Å². The fourth-order valence-electron chi connectivity index (χ4n) is 1.40. The highest BCUT2D eigenvalue weighted by molar-refractivity contribution is 5.57. The highest BCUT2D eigenvalue weighted by Crippen LogP contribution is 2.15. The first-order chi connectivity index (χ1) is 7.77. The Balaban J connectivity index is 2.45. The molecule has 16 heavy (non-hydrogen) atoms. The van der Waals surface area contributed by atoms with Gasteiger partial charge in [-0.1, -0.05) is 0 Å². The first kappa shape index (κ1) is 12.5. The van der Waals surface area contributed by atoms with Gasteiger partial charge in [0.05, 0.1) is 11.3 Å². The Morgan fingerprint density at radius 3 is 2.81 bits per heavy atom. The van der Waals surface area contributed by atoms with Crippen LogP contribution in [0.3, 0.4) is 0 Å². The third-order valence-electron chi connectivity index (χ3n) is 2.25. The lowest BCUT2D eigenvalue weighted by molar-refractivity contribution is 0.283. The van der Waals surface area contributed by atoms with E-state index in [1.165, 1.54) is 12.1 Å². The number of rotatable bonds is 6. The summed E-state index contributed by atoms with van der Waals surface area (Å²) in [5.41, 5.74) is 0.982. The predicted molar refractivity (Wildman–Crippen MR) is 60.5 cm³/mol. The van der Waals surface area contributed by atoms with E-state index in [0.717, 1.165) is 25.8 Å². The summed E-state index contributed by atoms with van der Waals surface area (Å²) in [6.07, 6.45) is 2.64. The summed E-state index contributed by atoms with van der Waals surface area (Å²) in [6, 6.07) is 6.06. The summed E-state index contributed by atoms with van der Waals surface area (Å²) in [6.45, 7) is 0.931. The van der Waals surface area contributed by atoms with Crippen molar-refractivity contribution in [1.82, 2.24) is 0 Å². The number of nitrogens with zero attached hydrogens (tertiary/aromatic N) is 1. The van der Waals surface area contributed by atoms with Crippen LogP contribution in [0.1, 0.15) is 24.8 Å². The molecule has 4 heteroatoms. The number of unbranched alkanes of at least 4 members (excludes halogenated alkanes) is 2. The normalized spacial score (nSPS) is 9.81. The van der Waals surface area contributed by atoms with Crippen LogP contribution in [0.15, 0.2) is 18.2 Å². The zero-order valence-corrected chi connectivity index (χ0v) is 9.04. The Morgan fingerprint density at radius 2 is 2.12 bits per heavy atom. The van der Waals surface area contributed by atoms with Gasteiger partial charge in [-0.3, -0.25) is 0 Å². The molecular weight excluding hydrogens is 207 g/mol. The molecule has 0 aliphatic rings. The van der Waals surface area contributed by atoms with E-state index in [9.17, 15) is 4.39 Å². The van der Waals surface area contributed by atoms with Crippen molar-refractivity contribution in [3.8, 4) is 6.07 Å². The Morgan fingerprint density at radius 1 is 1.31 bits per heavy atom. The van der Waals surface area contributed by atoms with E-state index < -0.39 is 5.82 Å². The molecule has 0 aliphatic carbocycles. The smallest absolute Gasteiger partial charge is 0.124 e. The molecule has 0 bridgehead atoms. The second kappa shape index (κ2) is 6.81. The monoisotopic (exact) mass is 222 g/mol. The molecule has 0 saturated carbocycles. The molecule has 1 aromatic rings. The van der Waals surface area contributed by atoms with E-state index in [1.54, 1.807) is 6.07 Å². The van der Waals surface area contributed by atoms with E-state index >= 15 is 0 Å². The largest absolute Gasteiger partial charge is 0.396 e. The Hall–Kier alpha value is -1.60. The van der Waals surface area contributed by atoms with Gasteiger partial charge in [-0.25, -0.2) is 4.39 Å². The van der Waals surface area contributed by atoms with Gasteiger partial charge >= 0.3 is 0 Å². The minimum Gasteiger partial charge on any atom is -0.396 e. The summed E-state index contributed by atoms with van der Waals surface area (Å²) in [7, 11) is 0. The molecule has 2 N–H and O–H groups in total. The van der Waals surface area contributed by atoms with Gasteiger partial charge in [-0.05, 0) is 37.5 Å². The molecule has 0 aromatic heterocycles. The molecule has 0 saturated heterocycles. The van der Waals surface area contributed by atoms with Gasteiger partial charge in [0.1, 0.15) is 11.9 Å². The fourth-order valence-corrected chi connectivity index (χ4v) is 1.40. The van der Waals surface area contributed by atoms with Gasteiger partial charge in [0.25, 0.3) is 0 Å². The van der Waals surface area contributed by atoms with Gasteiger partial charge in [0.2, 0.25) is 0 Å². The summed E-state index contributed by atoms with van der Waals surface area (Å²) in [5.74, 6) is -0.401. The van der Waals surface area contributed by atoms with Gasteiger partial charge < -0.3 is 10.4 Å². The lowest BCUT2D eigenvalue weighted by atomic mass is 10.2. The average molecular weight is 222 g/mol. The molecule has 1 aromatic carbocycles. The van der Waals surface area contributed by atoms with Crippen molar-refractivity contribution in [3.63, 3.8) is 0 Å². The van der Waals surface area contributed by atoms with Crippen LogP contribution in [0.2, 0.25) is 0 Å². The van der Waals surface area contributed by atoms with Crippen LogP contribution in [0.5, 0.6) is 0 Å². The predicted octanol–water partition coefficient (Wildman–Crippen LogP) is 2.27. The van der Waals surface area contributed by atoms with Crippen molar-refractivity contribution in [1.29, 1.82) is 5.26 Å². The lowest BCUT2D eigenvalue weighted by Gasteiger charge is -2.07. The minimum atomic E-state index is -0.401. The topological polar surface area (TPSA) is 56.0 Å². The van der Waals surface area contributed by atoms with Crippen molar-refractivity contribution >= 4 is 5.69 Å². The van der Waals surface area contributed by atoms with Crippen molar-refractivity contribution in [2.75, 3.05) is 18.5 Å². The zero-order chi connectivity index (χ0) is 11.8. The molecule has 0 spiro atoms. The third-order valence-corrected chi connectivity index (χ3v) is 2.25. The number of benzene rings is 1. The average Bonchev–Trinajstić information content (AvgIpc) is 2.30. The van der Waals surface area contributed by atoms with Crippen molar-refractivity contribution in [3.05, 3.63) is 29.6 Å². The summed E-state index contributed by atoms with van der Waals surface area (Å²) in [5, 5.41) is 20.5. The second-order valence-corrected chi connectivity index (χ2v) is 3.51. The number of hydrogen-bond donors (Lipinski definition) is 2. The molecule has 0 radical (unpaired) electrons. The molecule has 0 fully saturated rings. The summed E-state index contributed by atoms with van der Waals surface area (Å²) >= 11 is 0. The maximum atomic E-state index is 12.8. The third kappa shape index (κ3) is 3.87. The van der Waals surface area contributed by atoms with E-state index in [1.807, 2.05) is 6.07 Å².